The van der Waals surface area contributed by atoms with Crippen LogP contribution in [-0.4, -0.2) is 16.0 Å². The molecule has 0 spiro atoms. The van der Waals surface area contributed by atoms with Crippen LogP contribution in [0.4, 0.5) is 8.78 Å². The average Bonchev–Trinajstić information content (AvgIpc) is 2.09. The summed E-state index contributed by atoms with van der Waals surface area (Å²) < 4.78 is 31.7. The molecule has 0 saturated heterocycles. The number of halogens is 2. The Labute approximate surface area is 104 Å². The summed E-state index contributed by atoms with van der Waals surface area (Å²) >= 11 is -0.479. The molecule has 0 heterocycles. The van der Waals surface area contributed by atoms with Gasteiger partial charge < -0.3 is 10.4 Å². The fourth-order valence-electron chi connectivity index (χ4n) is 2.12. The van der Waals surface area contributed by atoms with E-state index in [9.17, 15) is 19.1 Å². The van der Waals surface area contributed by atoms with Crippen LogP contribution in [0.25, 0.3) is 0 Å². The molecule has 0 aliphatic rings. The molecule has 0 rings (SSSR count). The Morgan fingerprint density at radius 1 is 1.00 bits per heavy atom. The van der Waals surface area contributed by atoms with Crippen LogP contribution in [-0.2, 0) is 9.37 Å². The van der Waals surface area contributed by atoms with Gasteiger partial charge in [-0.1, -0.05) is 41.5 Å². The maximum atomic E-state index is 14.0. The van der Waals surface area contributed by atoms with Crippen LogP contribution in [0, 0.1) is 10.8 Å². The Bertz CT molecular complexity index is 244. The van der Waals surface area contributed by atoms with Crippen molar-refractivity contribution in [3.05, 3.63) is 0 Å². The molecule has 0 aromatic rings. The molecule has 7 heteroatoms. The fourth-order valence-corrected chi connectivity index (χ4v) is 2.96. The van der Waals surface area contributed by atoms with Gasteiger partial charge in [-0.2, -0.15) is 13.1 Å². The van der Waals surface area contributed by atoms with Gasteiger partial charge in [0.05, 0.1) is 0 Å². The van der Waals surface area contributed by atoms with Crippen LogP contribution in [0.2, 0.25) is 0 Å². The van der Waals surface area contributed by atoms with Gasteiger partial charge in [0.15, 0.2) is 0 Å². The second-order valence-electron chi connectivity index (χ2n) is 5.95. The Morgan fingerprint density at radius 3 is 1.59 bits per heavy atom. The highest BCUT2D eigenvalue weighted by Gasteiger charge is 2.66. The summed E-state index contributed by atoms with van der Waals surface area (Å²) in [6.07, 6.45) is 0. The van der Waals surface area contributed by atoms with Gasteiger partial charge in [0.1, 0.15) is 17.6 Å². The largest absolute Gasteiger partial charge is 0.691 e. The van der Waals surface area contributed by atoms with Crippen molar-refractivity contribution in [1.29, 1.82) is 0 Å². The highest BCUT2D eigenvalue weighted by atomic mass is 32.2. The molecule has 0 fully saturated rings. The number of hydrogen-bond donors (Lipinski definition) is 1. The first kappa shape index (κ1) is 17.1. The van der Waals surface area contributed by atoms with Gasteiger partial charge in [-0.3, -0.25) is 5.04 Å². The first-order valence-electron chi connectivity index (χ1n) is 5.06. The molecule has 0 amide bonds. The van der Waals surface area contributed by atoms with Crippen LogP contribution >= 0.6 is 12.0 Å². The lowest BCUT2D eigenvalue weighted by Crippen LogP contribution is -2.63. The van der Waals surface area contributed by atoms with Crippen molar-refractivity contribution >= 4 is 12.0 Å². The zero-order valence-corrected chi connectivity index (χ0v) is 11.7. The van der Waals surface area contributed by atoms with E-state index in [1.54, 1.807) is 0 Å². The summed E-state index contributed by atoms with van der Waals surface area (Å²) in [4.78, 5) is 0. The third-order valence-corrected chi connectivity index (χ3v) is 3.39. The van der Waals surface area contributed by atoms with E-state index < -0.39 is 33.7 Å². The SMILES string of the molecule is CC(C)(C)C(O)(C(C)(C)C)C(F)(F)SOO[O-]. The smallest absolute Gasteiger partial charge is 0.349 e. The standard InChI is InChI=1S/C10H20F2O4S/c1-7(2,3)9(13,8(4,5)6)10(11,12)17-16-15-14/h13-14H,1-6H3/p-1. The van der Waals surface area contributed by atoms with E-state index in [2.05, 4.69) is 9.37 Å². The van der Waals surface area contributed by atoms with E-state index in [1.807, 2.05) is 0 Å². The minimum Gasteiger partial charge on any atom is -0.691 e. The van der Waals surface area contributed by atoms with Gasteiger partial charge in [-0.15, -0.1) is 0 Å². The lowest BCUT2D eigenvalue weighted by molar-refractivity contribution is -0.777. The third-order valence-electron chi connectivity index (χ3n) is 2.76. The number of alkyl halides is 2. The predicted octanol–water partition coefficient (Wildman–Crippen LogP) is 2.27. The van der Waals surface area contributed by atoms with E-state index in [0.717, 1.165) is 0 Å². The summed E-state index contributed by atoms with van der Waals surface area (Å²) in [6.45, 7) is 8.95. The number of hydrogen-bond acceptors (Lipinski definition) is 5. The quantitative estimate of drug-likeness (QED) is 0.483. The Hall–Kier alpha value is 0.0500. The Morgan fingerprint density at radius 2 is 1.35 bits per heavy atom. The average molecular weight is 273 g/mol. The van der Waals surface area contributed by atoms with E-state index in [1.165, 1.54) is 41.5 Å². The van der Waals surface area contributed by atoms with Crippen molar-refractivity contribution in [1.82, 2.24) is 0 Å². The van der Waals surface area contributed by atoms with E-state index in [4.69, 9.17) is 0 Å². The van der Waals surface area contributed by atoms with Crippen molar-refractivity contribution in [3.63, 3.8) is 0 Å². The molecular weight excluding hydrogens is 254 g/mol. The summed E-state index contributed by atoms with van der Waals surface area (Å²) in [6, 6.07) is 0. The molecule has 0 unspecified atom stereocenters. The fraction of sp³-hybridized carbons (Fsp3) is 1.00. The summed E-state index contributed by atoms with van der Waals surface area (Å²) in [5.74, 6) is 0. The van der Waals surface area contributed by atoms with Gasteiger partial charge in [-0.25, -0.2) is 0 Å². The van der Waals surface area contributed by atoms with Crippen molar-refractivity contribution in [2.24, 2.45) is 10.8 Å². The molecule has 17 heavy (non-hydrogen) atoms. The summed E-state index contributed by atoms with van der Waals surface area (Å²) in [5.41, 5.74) is -4.65. The van der Waals surface area contributed by atoms with Crippen molar-refractivity contribution in [2.45, 2.75) is 52.4 Å². The monoisotopic (exact) mass is 273 g/mol. The van der Waals surface area contributed by atoms with Gasteiger partial charge >= 0.3 is 5.25 Å². The van der Waals surface area contributed by atoms with Gasteiger partial charge in [0.2, 0.25) is 0 Å². The van der Waals surface area contributed by atoms with Gasteiger partial charge in [-0.05, 0) is 10.8 Å². The molecule has 1 N–H and O–H groups in total. The van der Waals surface area contributed by atoms with Crippen LogP contribution in [0.3, 0.4) is 0 Å². The molecule has 0 radical (unpaired) electrons. The molecule has 0 saturated carbocycles. The lowest BCUT2D eigenvalue weighted by Gasteiger charge is -2.52. The van der Waals surface area contributed by atoms with Crippen LogP contribution in [0.15, 0.2) is 0 Å². The maximum Gasteiger partial charge on any atom is 0.349 e. The van der Waals surface area contributed by atoms with Crippen LogP contribution in [0.5, 0.6) is 0 Å². The minimum absolute atomic E-state index is 0.479. The highest BCUT2D eigenvalue weighted by Crippen LogP contribution is 2.56. The zero-order chi connectivity index (χ0) is 14.1. The van der Waals surface area contributed by atoms with Crippen LogP contribution in [0.1, 0.15) is 41.5 Å². The zero-order valence-electron chi connectivity index (χ0n) is 10.8. The van der Waals surface area contributed by atoms with E-state index in [-0.39, 0.29) is 0 Å². The topological polar surface area (TPSA) is 61.8 Å². The first-order valence-corrected chi connectivity index (χ1v) is 5.80. The van der Waals surface area contributed by atoms with E-state index >= 15 is 0 Å². The molecule has 0 atom stereocenters. The Kier molecular flexibility index (Phi) is 4.98. The molecule has 104 valence electrons. The molecular formula is C10H19F2O4S-. The minimum atomic E-state index is -3.70. The second-order valence-corrected chi connectivity index (χ2v) is 6.76. The molecule has 0 aliphatic heterocycles. The van der Waals surface area contributed by atoms with Crippen LogP contribution < -0.4 is 5.26 Å². The molecule has 4 nitrogen and oxygen atoms in total. The highest BCUT2D eigenvalue weighted by molar-refractivity contribution is 7.95. The molecule has 0 aromatic carbocycles. The predicted molar refractivity (Wildman–Crippen MR) is 58.6 cm³/mol. The lowest BCUT2D eigenvalue weighted by atomic mass is 9.62. The van der Waals surface area contributed by atoms with Crippen molar-refractivity contribution in [2.75, 3.05) is 0 Å². The van der Waals surface area contributed by atoms with Gasteiger partial charge in [0.25, 0.3) is 0 Å². The molecule has 0 aromatic heterocycles. The third kappa shape index (κ3) is 3.08. The molecule has 0 bridgehead atoms. The summed E-state index contributed by atoms with van der Waals surface area (Å²) in [5, 5.41) is 19.3. The normalized spacial score (nSPS) is 15.2. The number of aliphatic hydroxyl groups is 1. The van der Waals surface area contributed by atoms with Crippen molar-refractivity contribution in [3.8, 4) is 0 Å². The van der Waals surface area contributed by atoms with Crippen molar-refractivity contribution < 1.29 is 28.5 Å². The maximum absolute atomic E-state index is 14.0. The Balaban J connectivity index is 5.49. The summed E-state index contributed by atoms with van der Waals surface area (Å²) in [7, 11) is 0. The number of rotatable bonds is 4. The first-order chi connectivity index (χ1) is 7.31. The van der Waals surface area contributed by atoms with E-state index in [0.29, 0.717) is 0 Å². The second kappa shape index (κ2) is 4.97. The van der Waals surface area contributed by atoms with Gasteiger partial charge in [0, 0.05) is 0 Å². The molecule has 0 aliphatic carbocycles.